The first-order valence-electron chi connectivity index (χ1n) is 9.35. The van der Waals surface area contributed by atoms with Crippen molar-refractivity contribution in [2.24, 2.45) is 0 Å². The Labute approximate surface area is 175 Å². The molecule has 158 valence electrons. The zero-order valence-electron chi connectivity index (χ0n) is 16.6. The summed E-state index contributed by atoms with van der Waals surface area (Å²) in [4.78, 5) is 21.7. The minimum Gasteiger partial charge on any atom is -0.406 e. The van der Waals surface area contributed by atoms with Gasteiger partial charge in [0.25, 0.3) is 5.56 Å². The van der Waals surface area contributed by atoms with Crippen molar-refractivity contribution in [3.05, 3.63) is 82.3 Å². The van der Waals surface area contributed by atoms with Crippen molar-refractivity contribution < 1.29 is 17.9 Å². The van der Waals surface area contributed by atoms with Gasteiger partial charge in [0.1, 0.15) is 18.1 Å². The van der Waals surface area contributed by atoms with Gasteiger partial charge in [0, 0.05) is 16.8 Å². The van der Waals surface area contributed by atoms with E-state index in [0.717, 1.165) is 11.4 Å². The second-order valence-corrected chi connectivity index (χ2v) is 7.05. The highest BCUT2D eigenvalue weighted by molar-refractivity contribution is 5.86. The van der Waals surface area contributed by atoms with Crippen LogP contribution in [0.1, 0.15) is 17.2 Å². The molecule has 4 aromatic rings. The number of aryl methyl sites for hydroxylation is 2. The van der Waals surface area contributed by atoms with Crippen molar-refractivity contribution in [1.29, 1.82) is 0 Å². The average Bonchev–Trinajstić information content (AvgIpc) is 2.69. The van der Waals surface area contributed by atoms with Gasteiger partial charge in [-0.15, -0.1) is 13.2 Å². The SMILES string of the molecule is Cc1cc(C)nc(Cn2ncc3ccc(-c4ccc(OC(F)(F)F)cc4)cc3c2=O)n1. The van der Waals surface area contributed by atoms with E-state index in [-0.39, 0.29) is 17.9 Å². The zero-order valence-corrected chi connectivity index (χ0v) is 16.6. The molecule has 2 aromatic carbocycles. The van der Waals surface area contributed by atoms with E-state index < -0.39 is 6.36 Å². The van der Waals surface area contributed by atoms with Crippen molar-refractivity contribution >= 4 is 10.8 Å². The molecule has 0 N–H and O–H groups in total. The summed E-state index contributed by atoms with van der Waals surface area (Å²) < 4.78 is 42.2. The summed E-state index contributed by atoms with van der Waals surface area (Å²) in [6, 6.07) is 12.5. The quantitative estimate of drug-likeness (QED) is 0.483. The van der Waals surface area contributed by atoms with Gasteiger partial charge in [0.15, 0.2) is 0 Å². The number of fused-ring (bicyclic) bond motifs is 1. The van der Waals surface area contributed by atoms with Gasteiger partial charge in [-0.3, -0.25) is 4.79 Å². The van der Waals surface area contributed by atoms with Crippen LogP contribution in [0.4, 0.5) is 13.2 Å². The van der Waals surface area contributed by atoms with E-state index in [9.17, 15) is 18.0 Å². The Morgan fingerprint density at radius 2 is 1.58 bits per heavy atom. The molecule has 31 heavy (non-hydrogen) atoms. The minimum atomic E-state index is -4.75. The Bertz CT molecular complexity index is 1300. The van der Waals surface area contributed by atoms with E-state index in [2.05, 4.69) is 19.8 Å². The standard InChI is InChI=1S/C22H17F3N4O2/c1-13-9-14(2)28-20(27-13)12-29-21(30)19-10-16(3-4-17(19)11-26-29)15-5-7-18(8-6-15)31-22(23,24)25/h3-11H,12H2,1-2H3. The smallest absolute Gasteiger partial charge is 0.406 e. The molecule has 0 radical (unpaired) electrons. The van der Waals surface area contributed by atoms with Crippen LogP contribution < -0.4 is 10.3 Å². The first-order valence-corrected chi connectivity index (χ1v) is 9.35. The van der Waals surface area contributed by atoms with Crippen LogP contribution in [0, 0.1) is 13.8 Å². The maximum absolute atomic E-state index is 13.0. The van der Waals surface area contributed by atoms with E-state index in [1.54, 1.807) is 24.4 Å². The largest absolute Gasteiger partial charge is 0.573 e. The van der Waals surface area contributed by atoms with E-state index in [1.807, 2.05) is 19.9 Å². The Balaban J connectivity index is 1.68. The first-order chi connectivity index (χ1) is 14.7. The lowest BCUT2D eigenvalue weighted by molar-refractivity contribution is -0.274. The number of rotatable bonds is 4. The van der Waals surface area contributed by atoms with Crippen LogP contribution in [0.3, 0.4) is 0 Å². The molecule has 0 spiro atoms. The van der Waals surface area contributed by atoms with Crippen LogP contribution in [-0.4, -0.2) is 26.1 Å². The Morgan fingerprint density at radius 1 is 0.935 bits per heavy atom. The van der Waals surface area contributed by atoms with Crippen LogP contribution >= 0.6 is 0 Å². The molecule has 0 aliphatic heterocycles. The lowest BCUT2D eigenvalue weighted by Crippen LogP contribution is -2.24. The van der Waals surface area contributed by atoms with Crippen LogP contribution in [0.5, 0.6) is 5.75 Å². The zero-order chi connectivity index (χ0) is 22.2. The second-order valence-electron chi connectivity index (χ2n) is 7.05. The van der Waals surface area contributed by atoms with Crippen molar-refractivity contribution in [2.75, 3.05) is 0 Å². The summed E-state index contributed by atoms with van der Waals surface area (Å²) in [7, 11) is 0. The van der Waals surface area contributed by atoms with E-state index in [0.29, 0.717) is 27.7 Å². The molecule has 0 unspecified atom stereocenters. The number of aromatic nitrogens is 4. The molecule has 0 atom stereocenters. The van der Waals surface area contributed by atoms with E-state index in [1.165, 1.54) is 28.9 Å². The highest BCUT2D eigenvalue weighted by atomic mass is 19.4. The number of nitrogens with zero attached hydrogens (tertiary/aromatic N) is 4. The molecule has 0 saturated heterocycles. The molecule has 2 aromatic heterocycles. The molecule has 0 fully saturated rings. The fourth-order valence-corrected chi connectivity index (χ4v) is 3.32. The second kappa shape index (κ2) is 7.82. The minimum absolute atomic E-state index is 0.130. The highest BCUT2D eigenvalue weighted by Gasteiger charge is 2.30. The number of halogens is 3. The van der Waals surface area contributed by atoms with Crippen molar-refractivity contribution in [3.8, 4) is 16.9 Å². The average molecular weight is 426 g/mol. The van der Waals surface area contributed by atoms with Crippen molar-refractivity contribution in [3.63, 3.8) is 0 Å². The molecule has 2 heterocycles. The van der Waals surface area contributed by atoms with E-state index in [4.69, 9.17) is 0 Å². The summed E-state index contributed by atoms with van der Waals surface area (Å²) in [6.07, 6.45) is -3.16. The first kappa shape index (κ1) is 20.5. The molecular formula is C22H17F3N4O2. The third-order valence-corrected chi connectivity index (χ3v) is 4.60. The normalized spacial score (nSPS) is 11.6. The summed E-state index contributed by atoms with van der Waals surface area (Å²) in [5.41, 5.74) is 2.63. The van der Waals surface area contributed by atoms with Gasteiger partial charge in [-0.2, -0.15) is 5.10 Å². The number of ether oxygens (including phenoxy) is 1. The molecule has 9 heteroatoms. The van der Waals surface area contributed by atoms with Crippen LogP contribution in [0.25, 0.3) is 21.9 Å². The predicted molar refractivity (Wildman–Crippen MR) is 109 cm³/mol. The maximum Gasteiger partial charge on any atom is 0.573 e. The molecule has 6 nitrogen and oxygen atoms in total. The van der Waals surface area contributed by atoms with Crippen LogP contribution in [-0.2, 0) is 6.54 Å². The number of alkyl halides is 3. The Kier molecular flexibility index (Phi) is 5.18. The molecule has 0 aliphatic rings. The summed E-state index contributed by atoms with van der Waals surface area (Å²) in [5.74, 6) is 0.180. The fraction of sp³-hybridized carbons (Fsp3) is 0.182. The summed E-state index contributed by atoms with van der Waals surface area (Å²) in [6.45, 7) is 3.84. The van der Waals surface area contributed by atoms with Gasteiger partial charge in [0.2, 0.25) is 0 Å². The number of benzene rings is 2. The van der Waals surface area contributed by atoms with Crippen LogP contribution in [0.15, 0.2) is 59.5 Å². The molecule has 0 aliphatic carbocycles. The molecule has 0 saturated carbocycles. The Morgan fingerprint density at radius 3 is 2.23 bits per heavy atom. The van der Waals surface area contributed by atoms with Gasteiger partial charge >= 0.3 is 6.36 Å². The van der Waals surface area contributed by atoms with Crippen LogP contribution in [0.2, 0.25) is 0 Å². The molecule has 4 rings (SSSR count). The van der Waals surface area contributed by atoms with Gasteiger partial charge in [-0.25, -0.2) is 14.6 Å². The predicted octanol–water partition coefficient (Wildman–Crippen LogP) is 4.42. The summed E-state index contributed by atoms with van der Waals surface area (Å²) >= 11 is 0. The lowest BCUT2D eigenvalue weighted by atomic mass is 10.0. The lowest BCUT2D eigenvalue weighted by Gasteiger charge is -2.10. The number of hydrogen-bond acceptors (Lipinski definition) is 5. The highest BCUT2D eigenvalue weighted by Crippen LogP contribution is 2.27. The van der Waals surface area contributed by atoms with Crippen molar-refractivity contribution in [1.82, 2.24) is 19.7 Å². The van der Waals surface area contributed by atoms with Gasteiger partial charge in [-0.1, -0.05) is 24.3 Å². The third kappa shape index (κ3) is 4.71. The van der Waals surface area contributed by atoms with Gasteiger partial charge in [-0.05, 0) is 49.2 Å². The monoisotopic (exact) mass is 426 g/mol. The molecule has 0 amide bonds. The summed E-state index contributed by atoms with van der Waals surface area (Å²) in [5, 5.41) is 5.30. The fourth-order valence-electron chi connectivity index (χ4n) is 3.32. The van der Waals surface area contributed by atoms with Crippen molar-refractivity contribution in [2.45, 2.75) is 26.8 Å². The van der Waals surface area contributed by atoms with E-state index >= 15 is 0 Å². The third-order valence-electron chi connectivity index (χ3n) is 4.60. The van der Waals surface area contributed by atoms with Gasteiger partial charge < -0.3 is 4.74 Å². The topological polar surface area (TPSA) is 69.9 Å². The maximum atomic E-state index is 13.0. The molecular weight excluding hydrogens is 409 g/mol. The van der Waals surface area contributed by atoms with Gasteiger partial charge in [0.05, 0.1) is 11.6 Å². The molecule has 0 bridgehead atoms. The Hall–Kier alpha value is -3.75. The number of hydrogen-bond donors (Lipinski definition) is 0.